The van der Waals surface area contributed by atoms with Crippen molar-refractivity contribution in [3.8, 4) is 11.1 Å². The third kappa shape index (κ3) is 3.41. The number of nitrogens with zero attached hydrogens (tertiary/aromatic N) is 2. The van der Waals surface area contributed by atoms with E-state index in [9.17, 15) is 9.59 Å². The molecule has 0 saturated carbocycles. The molecule has 1 saturated heterocycles. The number of nitrogens with one attached hydrogen (secondary N) is 2. The van der Waals surface area contributed by atoms with Gasteiger partial charge in [-0.15, -0.1) is 0 Å². The Labute approximate surface area is 151 Å². The summed E-state index contributed by atoms with van der Waals surface area (Å²) in [6.45, 7) is 1.42. The molecule has 6 heteroatoms. The van der Waals surface area contributed by atoms with E-state index < -0.39 is 0 Å². The first kappa shape index (κ1) is 16.2. The third-order valence-corrected chi connectivity index (χ3v) is 4.38. The van der Waals surface area contributed by atoms with E-state index in [4.69, 9.17) is 0 Å². The Hall–Kier alpha value is -3.25. The Kier molecular flexibility index (Phi) is 4.33. The van der Waals surface area contributed by atoms with E-state index in [1.54, 1.807) is 12.4 Å². The number of amides is 1. The summed E-state index contributed by atoms with van der Waals surface area (Å²) < 4.78 is 0. The van der Waals surface area contributed by atoms with E-state index in [-0.39, 0.29) is 18.1 Å². The molecule has 0 aromatic heterocycles. The van der Waals surface area contributed by atoms with Crippen LogP contribution in [0.1, 0.15) is 17.5 Å². The molecule has 0 spiro atoms. The molecule has 2 N–H and O–H groups in total. The minimum atomic E-state index is -0.248. The Balaban J connectivity index is 1.59. The number of ketones is 1. The van der Waals surface area contributed by atoms with Crippen LogP contribution in [0.15, 0.2) is 59.2 Å². The number of carbonyl (C=O) groups is 2. The van der Waals surface area contributed by atoms with Gasteiger partial charge < -0.3 is 10.7 Å². The van der Waals surface area contributed by atoms with E-state index >= 15 is 0 Å². The highest BCUT2D eigenvalue weighted by Gasteiger charge is 2.24. The summed E-state index contributed by atoms with van der Waals surface area (Å²) in [7, 11) is 0. The first-order valence-electron chi connectivity index (χ1n) is 8.41. The first-order valence-corrected chi connectivity index (χ1v) is 8.41. The zero-order chi connectivity index (χ0) is 17.9. The van der Waals surface area contributed by atoms with Gasteiger partial charge in [-0.2, -0.15) is 5.01 Å². The van der Waals surface area contributed by atoms with Crippen molar-refractivity contribution >= 4 is 24.1 Å². The van der Waals surface area contributed by atoms with E-state index in [2.05, 4.69) is 40.0 Å². The van der Waals surface area contributed by atoms with E-state index in [1.165, 1.54) is 5.56 Å². The largest absolute Gasteiger partial charge is 0.323 e. The Morgan fingerprint density at radius 3 is 2.58 bits per heavy atom. The van der Waals surface area contributed by atoms with Crippen LogP contribution in [0.3, 0.4) is 0 Å². The number of Topliss-reactive ketones (excluding diaryl/α,β-unsaturated/α-hetero) is 1. The average Bonchev–Trinajstić information content (AvgIpc) is 3.26. The maximum Gasteiger partial charge on any atom is 0.232 e. The first-order chi connectivity index (χ1) is 12.7. The van der Waals surface area contributed by atoms with Crippen LogP contribution in [-0.4, -0.2) is 29.7 Å². The number of hydrazine groups is 1. The quantitative estimate of drug-likeness (QED) is 0.657. The van der Waals surface area contributed by atoms with Gasteiger partial charge in [0.1, 0.15) is 6.67 Å². The summed E-state index contributed by atoms with van der Waals surface area (Å²) in [5.74, 6) is -0.414. The van der Waals surface area contributed by atoms with Crippen molar-refractivity contribution in [3.63, 3.8) is 0 Å². The van der Waals surface area contributed by atoms with Gasteiger partial charge in [0, 0.05) is 6.54 Å². The van der Waals surface area contributed by atoms with Gasteiger partial charge in [0.05, 0.1) is 18.5 Å². The lowest BCUT2D eigenvalue weighted by atomic mass is 9.97. The summed E-state index contributed by atoms with van der Waals surface area (Å²) in [5, 5.41) is 4.64. The van der Waals surface area contributed by atoms with Crippen LogP contribution in [0.25, 0.3) is 17.2 Å². The molecular formula is C20H18N4O2. The van der Waals surface area contributed by atoms with Gasteiger partial charge in [-0.3, -0.25) is 14.6 Å². The van der Waals surface area contributed by atoms with Crippen LogP contribution in [-0.2, 0) is 16.1 Å². The molecule has 1 amide bonds. The Bertz CT molecular complexity index is 908. The SMILES string of the molecule is O=C1CC(=O)/C(=C/c2ccccc2-c2ccc(CN3CN=CN3)cc2)N1. The molecule has 4 rings (SSSR count). The second-order valence-electron chi connectivity index (χ2n) is 6.27. The summed E-state index contributed by atoms with van der Waals surface area (Å²) in [6.07, 6.45) is 3.38. The van der Waals surface area contributed by atoms with Gasteiger partial charge in [-0.25, -0.2) is 0 Å². The maximum atomic E-state index is 11.9. The minimum absolute atomic E-state index is 0.0725. The van der Waals surface area contributed by atoms with Crippen molar-refractivity contribution in [2.75, 3.05) is 6.67 Å². The van der Waals surface area contributed by atoms with Crippen molar-refractivity contribution in [1.29, 1.82) is 0 Å². The molecule has 26 heavy (non-hydrogen) atoms. The monoisotopic (exact) mass is 346 g/mol. The summed E-state index contributed by atoms with van der Waals surface area (Å²) >= 11 is 0. The van der Waals surface area contributed by atoms with E-state index in [1.807, 2.05) is 29.3 Å². The number of aliphatic imine (C=N–C) groups is 1. The van der Waals surface area contributed by atoms with Gasteiger partial charge in [0.25, 0.3) is 0 Å². The highest BCUT2D eigenvalue weighted by Crippen LogP contribution is 2.26. The molecule has 0 radical (unpaired) electrons. The highest BCUT2D eigenvalue weighted by molar-refractivity contribution is 6.17. The smallest absolute Gasteiger partial charge is 0.232 e. The summed E-state index contributed by atoms with van der Waals surface area (Å²) in [4.78, 5) is 27.4. The Morgan fingerprint density at radius 1 is 1.08 bits per heavy atom. The van der Waals surface area contributed by atoms with Crippen LogP contribution < -0.4 is 10.7 Å². The zero-order valence-electron chi connectivity index (χ0n) is 14.1. The number of hydrogen-bond acceptors (Lipinski definition) is 5. The van der Waals surface area contributed by atoms with Crippen LogP contribution in [0, 0.1) is 0 Å². The van der Waals surface area contributed by atoms with Crippen LogP contribution in [0.2, 0.25) is 0 Å². The number of benzene rings is 2. The average molecular weight is 346 g/mol. The molecule has 2 aromatic carbocycles. The van der Waals surface area contributed by atoms with Crippen molar-refractivity contribution < 1.29 is 9.59 Å². The van der Waals surface area contributed by atoms with E-state index in [0.29, 0.717) is 12.4 Å². The lowest BCUT2D eigenvalue weighted by Crippen LogP contribution is -2.30. The lowest BCUT2D eigenvalue weighted by Gasteiger charge is -2.14. The molecule has 0 atom stereocenters. The molecule has 2 heterocycles. The van der Waals surface area contributed by atoms with Crippen molar-refractivity contribution in [1.82, 2.24) is 15.8 Å². The highest BCUT2D eigenvalue weighted by atomic mass is 16.2. The van der Waals surface area contributed by atoms with Crippen LogP contribution >= 0.6 is 0 Å². The number of hydrogen-bond donors (Lipinski definition) is 2. The fourth-order valence-electron chi connectivity index (χ4n) is 3.07. The van der Waals surface area contributed by atoms with Gasteiger partial charge in [-0.05, 0) is 28.3 Å². The topological polar surface area (TPSA) is 73.8 Å². The normalized spacial score (nSPS) is 18.4. The molecule has 0 unspecified atom stereocenters. The Morgan fingerprint density at radius 2 is 1.88 bits per heavy atom. The molecule has 2 aliphatic heterocycles. The van der Waals surface area contributed by atoms with Crippen molar-refractivity contribution in [2.24, 2.45) is 4.99 Å². The fraction of sp³-hybridized carbons (Fsp3) is 0.150. The number of rotatable bonds is 4. The lowest BCUT2D eigenvalue weighted by molar-refractivity contribution is -0.121. The van der Waals surface area contributed by atoms with Gasteiger partial charge >= 0.3 is 0 Å². The summed E-state index contributed by atoms with van der Waals surface area (Å²) in [5.41, 5.74) is 7.60. The molecule has 0 bridgehead atoms. The second kappa shape index (κ2) is 6.93. The number of allylic oxidation sites excluding steroid dienone is 1. The van der Waals surface area contributed by atoms with Crippen LogP contribution in [0.4, 0.5) is 0 Å². The van der Waals surface area contributed by atoms with Crippen molar-refractivity contribution in [3.05, 3.63) is 65.4 Å². The standard InChI is InChI=1S/C20H18N4O2/c25-19-10-20(26)23-18(19)9-16-3-1-2-4-17(16)15-7-5-14(6-8-15)11-24-13-21-12-22-24/h1-9,12H,10-11,13H2,(H,21,22)(H,23,26)/b18-9-. The molecule has 1 fully saturated rings. The fourth-order valence-corrected chi connectivity index (χ4v) is 3.07. The van der Waals surface area contributed by atoms with Gasteiger partial charge in [0.2, 0.25) is 5.91 Å². The van der Waals surface area contributed by atoms with Gasteiger partial charge in [0.15, 0.2) is 5.78 Å². The van der Waals surface area contributed by atoms with Crippen molar-refractivity contribution in [2.45, 2.75) is 13.0 Å². The third-order valence-electron chi connectivity index (χ3n) is 4.38. The predicted octanol–water partition coefficient (Wildman–Crippen LogP) is 2.09. The molecule has 2 aromatic rings. The molecular weight excluding hydrogens is 328 g/mol. The molecule has 130 valence electrons. The summed E-state index contributed by atoms with van der Waals surface area (Å²) in [6, 6.07) is 16.1. The molecule has 6 nitrogen and oxygen atoms in total. The minimum Gasteiger partial charge on any atom is -0.323 e. The van der Waals surface area contributed by atoms with E-state index in [0.717, 1.165) is 23.2 Å². The molecule has 2 aliphatic rings. The molecule has 0 aliphatic carbocycles. The zero-order valence-corrected chi connectivity index (χ0v) is 14.1. The van der Waals surface area contributed by atoms with Crippen LogP contribution in [0.5, 0.6) is 0 Å². The number of carbonyl (C=O) groups excluding carboxylic acids is 2. The van der Waals surface area contributed by atoms with Gasteiger partial charge in [-0.1, -0.05) is 48.5 Å². The predicted molar refractivity (Wildman–Crippen MR) is 99.7 cm³/mol. The maximum absolute atomic E-state index is 11.9. The second-order valence-corrected chi connectivity index (χ2v) is 6.27.